The summed E-state index contributed by atoms with van der Waals surface area (Å²) in [5.74, 6) is 10.4. The summed E-state index contributed by atoms with van der Waals surface area (Å²) in [6, 6.07) is 54.4. The first-order valence-corrected chi connectivity index (χ1v) is 50.0. The highest BCUT2D eigenvalue weighted by Gasteiger charge is 2.32. The monoisotopic (exact) mass is 1680 g/mol. The number of benzene rings is 6. The molecule has 12 unspecified atom stereocenters. The van der Waals surface area contributed by atoms with Gasteiger partial charge in [0.1, 0.15) is 34.5 Å². The quantitative estimate of drug-likeness (QED) is 0.0339. The Labute approximate surface area is 739 Å². The second-order valence-corrected chi connectivity index (χ2v) is 38.5. The lowest BCUT2D eigenvalue weighted by molar-refractivity contribution is -0.0714. The Bertz CT molecular complexity index is 3700. The van der Waals surface area contributed by atoms with Gasteiger partial charge in [0.25, 0.3) is 0 Å². The van der Waals surface area contributed by atoms with E-state index in [1.54, 1.807) is 0 Å². The summed E-state index contributed by atoms with van der Waals surface area (Å²) >= 11 is 0. The van der Waals surface area contributed by atoms with Crippen molar-refractivity contribution in [2.24, 2.45) is 35.5 Å². The van der Waals surface area contributed by atoms with Crippen molar-refractivity contribution in [2.75, 3.05) is 39.6 Å². The van der Waals surface area contributed by atoms with Crippen LogP contribution in [-0.2, 0) is 28.4 Å². The van der Waals surface area contributed by atoms with Crippen molar-refractivity contribution < 1.29 is 56.8 Å². The molecule has 0 aromatic heterocycles. The van der Waals surface area contributed by atoms with E-state index in [1.807, 2.05) is 13.8 Å². The van der Waals surface area contributed by atoms with Crippen molar-refractivity contribution >= 4 is 0 Å². The van der Waals surface area contributed by atoms with Crippen LogP contribution in [0.5, 0.6) is 34.5 Å². The Morgan fingerprint density at radius 3 is 0.557 bits per heavy atom. The maximum atomic E-state index is 6.69. The van der Waals surface area contributed by atoms with Crippen LogP contribution in [0.4, 0.5) is 0 Å². The summed E-state index contributed by atoms with van der Waals surface area (Å²) < 4.78 is 78.0. The van der Waals surface area contributed by atoms with E-state index >= 15 is 0 Å². The summed E-state index contributed by atoms with van der Waals surface area (Å²) in [5.41, 5.74) is 7.82. The molecule has 6 aromatic rings. The molecule has 12 rings (SSSR count). The van der Waals surface area contributed by atoms with Crippen molar-refractivity contribution in [3.8, 4) is 34.5 Å². The van der Waals surface area contributed by atoms with E-state index < -0.39 is 0 Å². The van der Waals surface area contributed by atoms with Gasteiger partial charge in [-0.1, -0.05) is 279 Å². The Morgan fingerprint density at radius 2 is 0.369 bits per heavy atom. The first-order valence-electron chi connectivity index (χ1n) is 50.0. The Morgan fingerprint density at radius 1 is 0.205 bits per heavy atom. The van der Waals surface area contributed by atoms with Gasteiger partial charge >= 0.3 is 0 Å². The van der Waals surface area contributed by atoms with Gasteiger partial charge in [-0.15, -0.1) is 0 Å². The van der Waals surface area contributed by atoms with Crippen molar-refractivity contribution in [1.82, 2.24) is 0 Å². The molecule has 12 heteroatoms. The lowest BCUT2D eigenvalue weighted by atomic mass is 9.72. The van der Waals surface area contributed by atoms with Crippen LogP contribution in [0.2, 0.25) is 0 Å². The molecule has 122 heavy (non-hydrogen) atoms. The smallest absolute Gasteiger partial charge is 0.196 e. The van der Waals surface area contributed by atoms with Crippen LogP contribution < -0.4 is 28.4 Å². The fourth-order valence-corrected chi connectivity index (χ4v) is 21.5. The molecule has 6 saturated carbocycles. The van der Waals surface area contributed by atoms with Gasteiger partial charge in [-0.3, -0.25) is 0 Å². The maximum absolute atomic E-state index is 6.69. The molecule has 0 spiro atoms. The van der Waals surface area contributed by atoms with E-state index in [2.05, 4.69) is 187 Å². The lowest BCUT2D eigenvalue weighted by Gasteiger charge is -2.33. The summed E-state index contributed by atoms with van der Waals surface area (Å²) in [4.78, 5) is 0. The predicted molar refractivity (Wildman–Crippen MR) is 498 cm³/mol. The van der Waals surface area contributed by atoms with E-state index in [-0.39, 0.29) is 73.2 Å². The Kier molecular flexibility index (Phi) is 41.2. The highest BCUT2D eigenvalue weighted by molar-refractivity contribution is 5.38. The Hall–Kier alpha value is -6.12. The van der Waals surface area contributed by atoms with Crippen molar-refractivity contribution in [3.63, 3.8) is 0 Å². The fraction of sp³-hybridized carbons (Fsp3) is 0.673. The minimum absolute atomic E-state index is 0.0944. The molecule has 6 fully saturated rings. The topological polar surface area (TPSA) is 111 Å². The van der Waals surface area contributed by atoms with Crippen LogP contribution in [0.1, 0.15) is 394 Å². The average molecular weight is 1680 g/mol. The van der Waals surface area contributed by atoms with Crippen molar-refractivity contribution in [3.05, 3.63) is 179 Å². The number of rotatable bonds is 53. The lowest BCUT2D eigenvalue weighted by Crippen LogP contribution is -2.19. The zero-order valence-corrected chi connectivity index (χ0v) is 77.1. The molecule has 0 saturated heterocycles. The molecule has 0 radical (unpaired) electrons. The largest absolute Gasteiger partial charge is 0.465 e. The SMILES string of the molecule is CCC(CC(CC(CC(CC(CC(C)c1ccc(OC(C)OCCC2CCCCC2)cc1)c1ccc(OC(C)OCCC2CCCCC2)cc1)c1ccc(OC(C)OCCC2CCCCC2)cc1)c1ccc(OC(C)OCCC2CCCCC2)cc1)c1ccc(OC(C)OCCC2CCCCC2)cc1)c1ccc(OC(C)OCCC2CCCCC2)cc1. The zero-order valence-electron chi connectivity index (χ0n) is 77.1. The molecule has 0 N–H and O–H groups in total. The van der Waals surface area contributed by atoms with Crippen molar-refractivity contribution in [2.45, 2.75) is 398 Å². The van der Waals surface area contributed by atoms with Gasteiger partial charge in [0.2, 0.25) is 0 Å². The zero-order chi connectivity index (χ0) is 84.7. The number of hydrogen-bond donors (Lipinski definition) is 0. The molecule has 0 amide bonds. The molecule has 12 atom stereocenters. The third-order valence-corrected chi connectivity index (χ3v) is 29.0. The average Bonchev–Trinajstić information content (AvgIpc) is 0.803. The molecule has 6 aliphatic carbocycles. The van der Waals surface area contributed by atoms with E-state index in [9.17, 15) is 0 Å². The third-order valence-electron chi connectivity index (χ3n) is 29.0. The predicted octanol–water partition coefficient (Wildman–Crippen LogP) is 30.3. The second kappa shape index (κ2) is 52.9. The standard InChI is InChI=1S/C110H162O12/c1-9-94(96-42-54-106(55-43-96)118-83(4)112-71-65-89-30-18-11-19-31-89)77-102(98-46-58-108(59-47-98)120-85(6)114-73-67-91-34-22-13-23-35-91)79-104(100-50-62-110(63-51-100)122-87(8)116-75-69-93-38-26-15-27-39-93)80-103(99-48-60-109(61-49-99)121-86(7)115-74-68-92-36-24-14-25-37-92)78-101(97-44-56-107(57-45-97)119-84(5)113-72-66-90-32-20-12-21-33-90)76-81(2)95-40-52-105(53-41-95)117-82(3)111-70-64-88-28-16-10-17-29-88/h40-63,81-94,101-104H,9-39,64-80H2,1-8H3. The third kappa shape index (κ3) is 33.6. The van der Waals surface area contributed by atoms with E-state index in [0.29, 0.717) is 13.2 Å². The van der Waals surface area contributed by atoms with E-state index in [4.69, 9.17) is 56.8 Å². The number of ether oxygens (including phenoxy) is 12. The summed E-state index contributed by atoms with van der Waals surface area (Å²) in [7, 11) is 0. The molecule has 0 heterocycles. The molecular weight excluding hydrogens is 1510 g/mol. The van der Waals surface area contributed by atoms with Crippen LogP contribution in [0.15, 0.2) is 146 Å². The van der Waals surface area contributed by atoms with Gasteiger partial charge in [0.05, 0.1) is 39.6 Å². The molecular formula is C110H162O12. The minimum atomic E-state index is -0.373. The van der Waals surface area contributed by atoms with Crippen LogP contribution in [0.25, 0.3) is 0 Å². The van der Waals surface area contributed by atoms with E-state index in [1.165, 1.54) is 226 Å². The molecule has 6 aromatic carbocycles. The van der Waals surface area contributed by atoms with Gasteiger partial charge in [0.15, 0.2) is 37.7 Å². The highest BCUT2D eigenvalue weighted by Crippen LogP contribution is 2.48. The minimum Gasteiger partial charge on any atom is -0.465 e. The highest BCUT2D eigenvalue weighted by atomic mass is 16.7. The maximum Gasteiger partial charge on any atom is 0.196 e. The summed E-state index contributed by atoms with van der Waals surface area (Å²) in [6.45, 7) is 21.4. The second-order valence-electron chi connectivity index (χ2n) is 38.5. The van der Waals surface area contributed by atoms with Crippen molar-refractivity contribution in [1.29, 1.82) is 0 Å². The first kappa shape index (κ1) is 95.0. The normalized spacial score (nSPS) is 20.2. The first-order chi connectivity index (χ1) is 59.7. The molecule has 0 aliphatic heterocycles. The van der Waals surface area contributed by atoms with Gasteiger partial charge in [-0.25, -0.2) is 0 Å². The van der Waals surface area contributed by atoms with Crippen LogP contribution in [0.3, 0.4) is 0 Å². The van der Waals surface area contributed by atoms with Gasteiger partial charge < -0.3 is 56.8 Å². The van der Waals surface area contributed by atoms with Crippen LogP contribution in [0, 0.1) is 35.5 Å². The molecule has 674 valence electrons. The van der Waals surface area contributed by atoms with Crippen LogP contribution >= 0.6 is 0 Å². The summed E-state index contributed by atoms with van der Waals surface area (Å²) in [6.07, 6.45) is 50.0. The van der Waals surface area contributed by atoms with Crippen LogP contribution in [-0.4, -0.2) is 77.4 Å². The number of hydrogen-bond acceptors (Lipinski definition) is 12. The fourth-order valence-electron chi connectivity index (χ4n) is 21.5. The molecule has 6 aliphatic rings. The van der Waals surface area contributed by atoms with E-state index in [0.717, 1.165) is 173 Å². The van der Waals surface area contributed by atoms with Gasteiger partial charge in [0, 0.05) is 0 Å². The van der Waals surface area contributed by atoms with Gasteiger partial charge in [-0.05, 0) is 296 Å². The van der Waals surface area contributed by atoms with Gasteiger partial charge in [-0.2, -0.15) is 0 Å². The molecule has 12 nitrogen and oxygen atoms in total. The summed E-state index contributed by atoms with van der Waals surface area (Å²) in [5, 5.41) is 0. The molecule has 0 bridgehead atoms. The Balaban J connectivity index is 0.867.